The lowest BCUT2D eigenvalue weighted by Gasteiger charge is -2.22. The van der Waals surface area contributed by atoms with Crippen LogP contribution in [0.25, 0.3) is 5.57 Å². The van der Waals surface area contributed by atoms with Gasteiger partial charge in [-0.15, -0.1) is 11.3 Å². The normalized spacial score (nSPS) is 15.7. The monoisotopic (exact) mass is 335 g/mol. The van der Waals surface area contributed by atoms with Gasteiger partial charge in [-0.05, 0) is 29.0 Å². The smallest absolute Gasteiger partial charge is 0.328 e. The summed E-state index contributed by atoms with van der Waals surface area (Å²) in [6.07, 6.45) is 7.67. The molecule has 1 aromatic rings. The Morgan fingerprint density at radius 3 is 2.48 bits per heavy atom. The summed E-state index contributed by atoms with van der Waals surface area (Å²) in [4.78, 5) is 20.4. The summed E-state index contributed by atoms with van der Waals surface area (Å²) < 4.78 is 0. The number of hydrogen-bond donors (Lipinski definition) is 2. The summed E-state index contributed by atoms with van der Waals surface area (Å²) in [6, 6.07) is 4.35. The summed E-state index contributed by atoms with van der Waals surface area (Å²) in [7, 11) is 0. The molecule has 0 radical (unpaired) electrons. The van der Waals surface area contributed by atoms with E-state index < -0.39 is 11.9 Å². The predicted molar refractivity (Wildman–Crippen MR) is 88.7 cm³/mol. The number of carbonyl (C=O) groups excluding carboxylic acids is 1. The van der Waals surface area contributed by atoms with E-state index in [2.05, 4.69) is 35.5 Å². The standard InChI is InChI=1S/C13H17NS.C4H4O4/c1-2-4-12(13-5-3-10-15-13)11-6-8-14-9-7-11;5-3(6)1-2-4(7)8/h2-5,10-11,14H,1,6-9H2;1-2H,(H,5,6)(H,7,8)/b12-4+;2-1+. The molecule has 0 saturated carbocycles. The van der Waals surface area contributed by atoms with Crippen LogP contribution in [0.15, 0.2) is 48.4 Å². The van der Waals surface area contributed by atoms with Crippen LogP contribution in [0.1, 0.15) is 17.7 Å². The Hall–Kier alpha value is -2.18. The third-order valence-electron chi connectivity index (χ3n) is 3.34. The van der Waals surface area contributed by atoms with E-state index in [9.17, 15) is 14.7 Å². The molecule has 2 heterocycles. The highest BCUT2D eigenvalue weighted by Crippen LogP contribution is 2.31. The predicted octanol–water partition coefficient (Wildman–Crippen LogP) is 0.668. The van der Waals surface area contributed by atoms with Crippen molar-refractivity contribution >= 4 is 28.8 Å². The summed E-state index contributed by atoms with van der Waals surface area (Å²) in [5.74, 6) is -2.06. The van der Waals surface area contributed by atoms with Crippen molar-refractivity contribution in [1.29, 1.82) is 0 Å². The maximum atomic E-state index is 9.53. The minimum absolute atomic E-state index is 0.447. The molecular formula is C17H21NO4S. The lowest BCUT2D eigenvalue weighted by Crippen LogP contribution is -2.86. The maximum Gasteiger partial charge on any atom is 0.328 e. The molecule has 23 heavy (non-hydrogen) atoms. The van der Waals surface area contributed by atoms with Gasteiger partial charge in [0.2, 0.25) is 0 Å². The Bertz CT molecular complexity index is 553. The van der Waals surface area contributed by atoms with Gasteiger partial charge in [0.25, 0.3) is 0 Å². The third-order valence-corrected chi connectivity index (χ3v) is 4.26. The molecule has 3 N–H and O–H groups in total. The van der Waals surface area contributed by atoms with Gasteiger partial charge in [0, 0.05) is 23.8 Å². The number of quaternary nitrogens is 1. The van der Waals surface area contributed by atoms with Crippen LogP contribution in [0, 0.1) is 5.92 Å². The third kappa shape index (κ3) is 7.58. The van der Waals surface area contributed by atoms with Crippen molar-refractivity contribution in [3.63, 3.8) is 0 Å². The largest absolute Gasteiger partial charge is 0.545 e. The fourth-order valence-corrected chi connectivity index (χ4v) is 3.20. The first-order valence-electron chi connectivity index (χ1n) is 7.34. The molecule has 1 aliphatic heterocycles. The number of hydrogen-bond acceptors (Lipinski definition) is 4. The highest BCUT2D eigenvalue weighted by Gasteiger charge is 2.20. The van der Waals surface area contributed by atoms with Gasteiger partial charge in [0.05, 0.1) is 19.1 Å². The van der Waals surface area contributed by atoms with Gasteiger partial charge in [-0.25, -0.2) is 4.79 Å². The number of allylic oxidation sites excluding steroid dienone is 3. The minimum atomic E-state index is -1.51. The van der Waals surface area contributed by atoms with Gasteiger partial charge >= 0.3 is 5.97 Å². The van der Waals surface area contributed by atoms with E-state index in [1.54, 1.807) is 0 Å². The molecule has 0 bridgehead atoms. The zero-order valence-electron chi connectivity index (χ0n) is 12.8. The van der Waals surface area contributed by atoms with Crippen LogP contribution >= 0.6 is 11.3 Å². The molecule has 0 atom stereocenters. The van der Waals surface area contributed by atoms with Gasteiger partial charge in [-0.2, -0.15) is 0 Å². The molecule has 6 heteroatoms. The van der Waals surface area contributed by atoms with E-state index in [-0.39, 0.29) is 0 Å². The number of nitrogens with two attached hydrogens (primary N) is 1. The lowest BCUT2D eigenvalue weighted by atomic mass is 9.88. The van der Waals surface area contributed by atoms with Crippen molar-refractivity contribution in [2.45, 2.75) is 12.8 Å². The Labute approximate surface area is 139 Å². The number of thiophene rings is 1. The summed E-state index contributed by atoms with van der Waals surface area (Å²) in [5.41, 5.74) is 1.49. The summed E-state index contributed by atoms with van der Waals surface area (Å²) >= 11 is 1.84. The number of rotatable bonds is 5. The molecular weight excluding hydrogens is 314 g/mol. The molecule has 1 fully saturated rings. The van der Waals surface area contributed by atoms with Crippen LogP contribution in [-0.4, -0.2) is 30.1 Å². The van der Waals surface area contributed by atoms with Crippen LogP contribution in [-0.2, 0) is 9.59 Å². The summed E-state index contributed by atoms with van der Waals surface area (Å²) in [6.45, 7) is 6.36. The highest BCUT2D eigenvalue weighted by molar-refractivity contribution is 7.11. The SMILES string of the molecule is C=C/C=C(/c1cccs1)C1CC[NH2+]CC1.O=C([O-])/C=C/C(=O)O. The Balaban J connectivity index is 0.000000284. The van der Waals surface area contributed by atoms with Crippen LogP contribution < -0.4 is 10.4 Å². The second kappa shape index (κ2) is 10.5. The molecule has 124 valence electrons. The van der Waals surface area contributed by atoms with Crippen LogP contribution in [0.2, 0.25) is 0 Å². The highest BCUT2D eigenvalue weighted by atomic mass is 32.1. The van der Waals surface area contributed by atoms with E-state index in [1.165, 1.54) is 36.4 Å². The van der Waals surface area contributed by atoms with Crippen molar-refractivity contribution in [2.24, 2.45) is 5.92 Å². The van der Waals surface area contributed by atoms with E-state index in [0.717, 1.165) is 5.92 Å². The average Bonchev–Trinajstić information content (AvgIpc) is 3.06. The van der Waals surface area contributed by atoms with Gasteiger partial charge in [0.1, 0.15) is 0 Å². The van der Waals surface area contributed by atoms with Crippen molar-refractivity contribution in [1.82, 2.24) is 0 Å². The van der Waals surface area contributed by atoms with Gasteiger partial charge in [-0.1, -0.05) is 24.8 Å². The van der Waals surface area contributed by atoms with E-state index in [0.29, 0.717) is 12.2 Å². The Morgan fingerprint density at radius 1 is 1.35 bits per heavy atom. The van der Waals surface area contributed by atoms with Gasteiger partial charge < -0.3 is 20.3 Å². The fourth-order valence-electron chi connectivity index (χ4n) is 2.37. The van der Waals surface area contributed by atoms with Gasteiger partial charge in [-0.3, -0.25) is 0 Å². The van der Waals surface area contributed by atoms with Crippen LogP contribution in [0.5, 0.6) is 0 Å². The second-order valence-corrected chi connectivity index (χ2v) is 5.91. The van der Waals surface area contributed by atoms with E-state index in [1.807, 2.05) is 17.4 Å². The molecule has 0 amide bonds. The second-order valence-electron chi connectivity index (χ2n) is 4.97. The summed E-state index contributed by atoms with van der Waals surface area (Å²) in [5, 5.41) is 21.8. The topological polar surface area (TPSA) is 94.0 Å². The number of carboxylic acids is 2. The first kappa shape index (κ1) is 18.9. The Morgan fingerprint density at radius 2 is 2.04 bits per heavy atom. The van der Waals surface area contributed by atoms with Crippen LogP contribution in [0.3, 0.4) is 0 Å². The van der Waals surface area contributed by atoms with E-state index in [4.69, 9.17) is 5.11 Å². The van der Waals surface area contributed by atoms with Crippen molar-refractivity contribution in [2.75, 3.05) is 13.1 Å². The number of carbonyl (C=O) groups is 2. The quantitative estimate of drug-likeness (QED) is 0.611. The minimum Gasteiger partial charge on any atom is -0.545 e. The first-order chi connectivity index (χ1) is 11.0. The van der Waals surface area contributed by atoms with Crippen LogP contribution in [0.4, 0.5) is 0 Å². The molecule has 0 unspecified atom stereocenters. The number of piperidine rings is 1. The van der Waals surface area contributed by atoms with Crippen molar-refractivity contribution < 1.29 is 25.1 Å². The maximum absolute atomic E-state index is 9.53. The zero-order valence-corrected chi connectivity index (χ0v) is 13.6. The number of aliphatic carboxylic acids is 2. The molecule has 0 aromatic carbocycles. The van der Waals surface area contributed by atoms with Crippen molar-refractivity contribution in [3.05, 3.63) is 53.3 Å². The van der Waals surface area contributed by atoms with E-state index >= 15 is 0 Å². The number of carboxylic acid groups (broad SMARTS) is 2. The molecule has 2 rings (SSSR count). The Kier molecular flexibility index (Phi) is 8.64. The molecule has 0 spiro atoms. The van der Waals surface area contributed by atoms with Gasteiger partial charge in [0.15, 0.2) is 0 Å². The lowest BCUT2D eigenvalue weighted by molar-refractivity contribution is -0.663. The molecule has 1 aliphatic rings. The fraction of sp³-hybridized carbons (Fsp3) is 0.294. The molecule has 1 aromatic heterocycles. The molecule has 0 aliphatic carbocycles. The zero-order chi connectivity index (χ0) is 17.1. The van der Waals surface area contributed by atoms with Crippen molar-refractivity contribution in [3.8, 4) is 0 Å². The first-order valence-corrected chi connectivity index (χ1v) is 8.22. The average molecular weight is 335 g/mol. The molecule has 5 nitrogen and oxygen atoms in total. The molecule has 1 saturated heterocycles.